The van der Waals surface area contributed by atoms with E-state index in [1.165, 1.54) is 4.68 Å². The van der Waals surface area contributed by atoms with Crippen molar-refractivity contribution in [1.29, 1.82) is 0 Å². The van der Waals surface area contributed by atoms with Gasteiger partial charge < -0.3 is 10.1 Å². The van der Waals surface area contributed by atoms with Gasteiger partial charge in [-0.2, -0.15) is 0 Å². The third-order valence-corrected chi connectivity index (χ3v) is 5.31. The van der Waals surface area contributed by atoms with Crippen molar-refractivity contribution in [2.75, 3.05) is 7.11 Å². The summed E-state index contributed by atoms with van der Waals surface area (Å²) in [6.45, 7) is 0.193. The summed E-state index contributed by atoms with van der Waals surface area (Å²) in [4.78, 5) is 30.3. The Morgan fingerprint density at radius 1 is 1.20 bits per heavy atom. The van der Waals surface area contributed by atoms with Gasteiger partial charge in [0.15, 0.2) is 5.65 Å². The molecule has 0 bridgehead atoms. The maximum Gasteiger partial charge on any atom is 0.352 e. The first kappa shape index (κ1) is 18.4. The summed E-state index contributed by atoms with van der Waals surface area (Å²) in [6.07, 6.45) is 2.03. The van der Waals surface area contributed by atoms with Crippen LogP contribution in [0.3, 0.4) is 0 Å². The highest BCUT2D eigenvalue weighted by molar-refractivity contribution is 5.91. The first-order valence-corrected chi connectivity index (χ1v) is 9.92. The second-order valence-electron chi connectivity index (χ2n) is 7.49. The summed E-state index contributed by atoms with van der Waals surface area (Å²) < 4.78 is 7.98. The number of ether oxygens (including phenoxy) is 1. The van der Waals surface area contributed by atoms with E-state index in [4.69, 9.17) is 9.72 Å². The average molecular weight is 403 g/mol. The van der Waals surface area contributed by atoms with Crippen LogP contribution in [0.5, 0.6) is 5.75 Å². The van der Waals surface area contributed by atoms with Gasteiger partial charge in [0.25, 0.3) is 0 Å². The van der Waals surface area contributed by atoms with E-state index in [1.807, 2.05) is 48.5 Å². The van der Waals surface area contributed by atoms with E-state index in [0.717, 1.165) is 40.9 Å². The van der Waals surface area contributed by atoms with E-state index in [-0.39, 0.29) is 24.1 Å². The zero-order chi connectivity index (χ0) is 20.7. The minimum atomic E-state index is -0.332. The lowest BCUT2D eigenvalue weighted by Gasteiger charge is -2.06. The molecule has 152 valence electrons. The Morgan fingerprint density at radius 3 is 2.83 bits per heavy atom. The second-order valence-corrected chi connectivity index (χ2v) is 7.49. The standard InChI is InChI=1S/C22H21N5O3/c1-30-16-6-4-5-14(11-16)12-23-19(28)13-26-22(29)27-20(15-9-10-15)24-18-8-3-2-7-17(18)21(27)25-26/h2-8,11,15H,9-10,12-13H2,1H3,(H,23,28). The predicted octanol–water partition coefficient (Wildman–Crippen LogP) is 2.25. The molecule has 1 amide bonds. The summed E-state index contributed by atoms with van der Waals surface area (Å²) in [5.41, 5.74) is 1.94. The van der Waals surface area contributed by atoms with Crippen molar-refractivity contribution < 1.29 is 9.53 Å². The number of carbonyl (C=O) groups excluding carboxylic acids is 1. The van der Waals surface area contributed by atoms with Gasteiger partial charge in [-0.1, -0.05) is 24.3 Å². The maximum absolute atomic E-state index is 13.0. The number of methoxy groups -OCH3 is 1. The van der Waals surface area contributed by atoms with Crippen molar-refractivity contribution in [3.05, 3.63) is 70.4 Å². The van der Waals surface area contributed by atoms with Crippen LogP contribution < -0.4 is 15.7 Å². The van der Waals surface area contributed by atoms with Gasteiger partial charge in [-0.3, -0.25) is 4.79 Å². The largest absolute Gasteiger partial charge is 0.497 e. The Bertz CT molecular complexity index is 1320. The maximum atomic E-state index is 13.0. The summed E-state index contributed by atoms with van der Waals surface area (Å²) in [5, 5.41) is 8.12. The number of fused-ring (bicyclic) bond motifs is 3. The number of nitrogens with zero attached hydrogens (tertiary/aromatic N) is 4. The highest BCUT2D eigenvalue weighted by atomic mass is 16.5. The highest BCUT2D eigenvalue weighted by Crippen LogP contribution is 2.39. The Balaban J connectivity index is 1.44. The molecule has 2 aromatic heterocycles. The lowest BCUT2D eigenvalue weighted by molar-refractivity contribution is -0.122. The smallest absolute Gasteiger partial charge is 0.352 e. The normalized spacial score (nSPS) is 13.6. The molecule has 8 nitrogen and oxygen atoms in total. The molecule has 30 heavy (non-hydrogen) atoms. The van der Waals surface area contributed by atoms with Crippen molar-refractivity contribution in [3.63, 3.8) is 0 Å². The molecule has 4 aromatic rings. The molecular weight excluding hydrogens is 382 g/mol. The van der Waals surface area contributed by atoms with Gasteiger partial charge in [-0.05, 0) is 42.7 Å². The van der Waals surface area contributed by atoms with E-state index < -0.39 is 0 Å². The molecule has 0 radical (unpaired) electrons. The van der Waals surface area contributed by atoms with E-state index in [1.54, 1.807) is 11.5 Å². The van der Waals surface area contributed by atoms with Gasteiger partial charge in [0.2, 0.25) is 5.91 Å². The van der Waals surface area contributed by atoms with E-state index in [9.17, 15) is 9.59 Å². The third-order valence-electron chi connectivity index (χ3n) is 5.31. The topological polar surface area (TPSA) is 90.5 Å². The van der Waals surface area contributed by atoms with E-state index in [2.05, 4.69) is 10.4 Å². The van der Waals surface area contributed by atoms with Crippen molar-refractivity contribution >= 4 is 22.5 Å². The van der Waals surface area contributed by atoms with Gasteiger partial charge in [-0.15, -0.1) is 5.10 Å². The number of carbonyl (C=O) groups is 1. The molecule has 0 atom stereocenters. The Kier molecular flexibility index (Phi) is 4.46. The molecule has 0 saturated heterocycles. The van der Waals surface area contributed by atoms with E-state index in [0.29, 0.717) is 12.2 Å². The van der Waals surface area contributed by atoms with Crippen LogP contribution in [-0.2, 0) is 17.9 Å². The SMILES string of the molecule is COc1cccc(CNC(=O)Cn2nc3c4ccccc4nc(C4CC4)n3c2=O)c1. The van der Waals surface area contributed by atoms with Crippen LogP contribution in [0.25, 0.3) is 16.6 Å². The van der Waals surface area contributed by atoms with Gasteiger partial charge >= 0.3 is 5.69 Å². The predicted molar refractivity (Wildman–Crippen MR) is 112 cm³/mol. The van der Waals surface area contributed by atoms with Crippen LogP contribution in [-0.4, -0.2) is 32.2 Å². The zero-order valence-corrected chi connectivity index (χ0v) is 16.5. The van der Waals surface area contributed by atoms with Crippen molar-refractivity contribution in [2.24, 2.45) is 0 Å². The number of rotatable bonds is 6. The monoisotopic (exact) mass is 403 g/mol. The molecule has 0 aliphatic heterocycles. The molecule has 1 aliphatic rings. The quantitative estimate of drug-likeness (QED) is 0.533. The van der Waals surface area contributed by atoms with Gasteiger partial charge in [0.1, 0.15) is 18.1 Å². The van der Waals surface area contributed by atoms with Crippen molar-refractivity contribution in [3.8, 4) is 5.75 Å². The van der Waals surface area contributed by atoms with E-state index >= 15 is 0 Å². The fourth-order valence-corrected chi connectivity index (χ4v) is 3.62. The number of hydrogen-bond donors (Lipinski definition) is 1. The van der Waals surface area contributed by atoms with Gasteiger partial charge in [-0.25, -0.2) is 18.9 Å². The molecule has 2 aromatic carbocycles. The summed E-state index contributed by atoms with van der Waals surface area (Å²) in [7, 11) is 1.60. The van der Waals surface area contributed by atoms with Crippen LogP contribution in [0.2, 0.25) is 0 Å². The molecule has 0 unspecified atom stereocenters. The Hall–Kier alpha value is -3.68. The summed E-state index contributed by atoms with van der Waals surface area (Å²) in [5.74, 6) is 1.45. The number of aromatic nitrogens is 4. The Morgan fingerprint density at radius 2 is 2.03 bits per heavy atom. The highest BCUT2D eigenvalue weighted by Gasteiger charge is 2.30. The molecular formula is C22H21N5O3. The minimum Gasteiger partial charge on any atom is -0.497 e. The number of nitrogens with one attached hydrogen (secondary N) is 1. The summed E-state index contributed by atoms with van der Waals surface area (Å²) >= 11 is 0. The number of benzene rings is 2. The molecule has 1 aliphatic carbocycles. The molecule has 1 N–H and O–H groups in total. The first-order chi connectivity index (χ1) is 14.6. The molecule has 8 heteroatoms. The van der Waals surface area contributed by atoms with Gasteiger partial charge in [0.05, 0.1) is 12.6 Å². The summed E-state index contributed by atoms with van der Waals surface area (Å²) in [6, 6.07) is 15.1. The fraction of sp³-hybridized carbons (Fsp3) is 0.273. The molecule has 1 saturated carbocycles. The first-order valence-electron chi connectivity index (χ1n) is 9.92. The number of para-hydroxylation sites is 1. The van der Waals surface area contributed by atoms with Crippen LogP contribution in [0, 0.1) is 0 Å². The average Bonchev–Trinajstić information content (AvgIpc) is 3.57. The van der Waals surface area contributed by atoms with Crippen molar-refractivity contribution in [1.82, 2.24) is 24.5 Å². The number of amides is 1. The lowest BCUT2D eigenvalue weighted by Crippen LogP contribution is -2.32. The fourth-order valence-electron chi connectivity index (χ4n) is 3.62. The molecule has 2 heterocycles. The molecule has 5 rings (SSSR count). The Labute approximate surface area is 172 Å². The number of hydrogen-bond acceptors (Lipinski definition) is 5. The van der Waals surface area contributed by atoms with Crippen LogP contribution >= 0.6 is 0 Å². The van der Waals surface area contributed by atoms with Crippen LogP contribution in [0.4, 0.5) is 0 Å². The minimum absolute atomic E-state index is 0.150. The van der Waals surface area contributed by atoms with Gasteiger partial charge in [0, 0.05) is 17.8 Å². The van der Waals surface area contributed by atoms with Crippen LogP contribution in [0.1, 0.15) is 30.1 Å². The van der Waals surface area contributed by atoms with Crippen LogP contribution in [0.15, 0.2) is 53.3 Å². The third kappa shape index (κ3) is 3.30. The lowest BCUT2D eigenvalue weighted by atomic mass is 10.2. The second kappa shape index (κ2) is 7.29. The molecule has 0 spiro atoms. The molecule has 1 fully saturated rings. The zero-order valence-electron chi connectivity index (χ0n) is 16.5. The van der Waals surface area contributed by atoms with Crippen molar-refractivity contribution in [2.45, 2.75) is 31.8 Å².